The van der Waals surface area contributed by atoms with E-state index >= 15 is 0 Å². The molecule has 0 aliphatic rings. The first-order valence-corrected chi connectivity index (χ1v) is 10.2. The Balaban J connectivity index is 2.05. The van der Waals surface area contributed by atoms with Crippen molar-refractivity contribution >= 4 is 21.4 Å². The number of nitro groups is 1. The Bertz CT molecular complexity index is 1070. The second-order valence-corrected chi connectivity index (χ2v) is 8.21. The summed E-state index contributed by atoms with van der Waals surface area (Å²) in [6, 6.07) is 22.3. The van der Waals surface area contributed by atoms with Crippen LogP contribution in [0.2, 0.25) is 0 Å². The van der Waals surface area contributed by atoms with Crippen LogP contribution < -0.4 is 4.31 Å². The number of nitrogens with zero attached hydrogens (tertiary/aromatic N) is 2. The van der Waals surface area contributed by atoms with Crippen LogP contribution in [0.5, 0.6) is 0 Å². The van der Waals surface area contributed by atoms with E-state index < -0.39 is 20.6 Å². The Labute approximate surface area is 164 Å². The van der Waals surface area contributed by atoms with Crippen LogP contribution in [-0.4, -0.2) is 19.9 Å². The molecule has 0 bridgehead atoms. The van der Waals surface area contributed by atoms with Crippen molar-refractivity contribution < 1.29 is 13.3 Å². The fourth-order valence-electron chi connectivity index (χ4n) is 2.96. The van der Waals surface area contributed by atoms with Crippen molar-refractivity contribution in [1.29, 1.82) is 0 Å². The lowest BCUT2D eigenvalue weighted by Gasteiger charge is -2.24. The highest BCUT2D eigenvalue weighted by molar-refractivity contribution is 7.93. The second-order valence-electron chi connectivity index (χ2n) is 6.38. The number of hydrogen-bond acceptors (Lipinski definition) is 4. The van der Waals surface area contributed by atoms with Gasteiger partial charge in [0.15, 0.2) is 4.90 Å². The van der Waals surface area contributed by atoms with Crippen LogP contribution in [0.25, 0.3) is 0 Å². The molecule has 0 radical (unpaired) electrons. The number of anilines is 1. The normalized spacial score (nSPS) is 11.2. The Kier molecular flexibility index (Phi) is 5.75. The third-order valence-electron chi connectivity index (χ3n) is 4.37. The van der Waals surface area contributed by atoms with Crippen LogP contribution >= 0.6 is 0 Å². The smallest absolute Gasteiger partial charge is 0.266 e. The molecular weight excluding hydrogens is 376 g/mol. The lowest BCUT2D eigenvalue weighted by molar-refractivity contribution is -0.387. The molecule has 144 valence electrons. The zero-order valence-corrected chi connectivity index (χ0v) is 16.2. The lowest BCUT2D eigenvalue weighted by Crippen LogP contribution is -2.33. The molecule has 0 saturated carbocycles. The molecule has 0 saturated heterocycles. The standard InChI is InChI=1S/C21H20N2O4S/c1-17-12-13-21(20(16-17)23(24)25)28(26,27)22(19-10-6-3-7-11-19)15-14-18-8-4-2-5-9-18/h2-13,16H,14-15H2,1H3. The first-order valence-electron chi connectivity index (χ1n) is 8.76. The molecule has 0 fully saturated rings. The Morgan fingerprint density at radius 3 is 2.14 bits per heavy atom. The van der Waals surface area contributed by atoms with Crippen LogP contribution in [0.1, 0.15) is 11.1 Å². The minimum absolute atomic E-state index is 0.168. The molecule has 0 heterocycles. The van der Waals surface area contributed by atoms with E-state index in [0.29, 0.717) is 17.7 Å². The monoisotopic (exact) mass is 396 g/mol. The van der Waals surface area contributed by atoms with Crippen molar-refractivity contribution in [2.45, 2.75) is 18.2 Å². The van der Waals surface area contributed by atoms with Crippen LogP contribution in [-0.2, 0) is 16.4 Å². The molecule has 7 heteroatoms. The van der Waals surface area contributed by atoms with E-state index in [1.54, 1.807) is 43.3 Å². The number of benzene rings is 3. The Morgan fingerprint density at radius 2 is 1.54 bits per heavy atom. The van der Waals surface area contributed by atoms with Crippen LogP contribution in [0, 0.1) is 17.0 Å². The number of aryl methyl sites for hydroxylation is 1. The maximum Gasteiger partial charge on any atom is 0.290 e. The van der Waals surface area contributed by atoms with Gasteiger partial charge in [0.05, 0.1) is 10.6 Å². The van der Waals surface area contributed by atoms with Crippen molar-refractivity contribution in [3.05, 3.63) is 100 Å². The van der Waals surface area contributed by atoms with Gasteiger partial charge < -0.3 is 0 Å². The maximum absolute atomic E-state index is 13.4. The average Bonchev–Trinajstić information content (AvgIpc) is 2.69. The molecule has 3 rings (SSSR count). The average molecular weight is 396 g/mol. The summed E-state index contributed by atoms with van der Waals surface area (Å²) in [4.78, 5) is 10.5. The third-order valence-corrected chi connectivity index (χ3v) is 6.24. The fourth-order valence-corrected chi connectivity index (χ4v) is 4.57. The maximum atomic E-state index is 13.4. The van der Waals surface area contributed by atoms with E-state index in [4.69, 9.17) is 0 Å². The van der Waals surface area contributed by atoms with Gasteiger partial charge in [-0.1, -0.05) is 54.6 Å². The summed E-state index contributed by atoms with van der Waals surface area (Å²) in [5.41, 5.74) is 1.66. The van der Waals surface area contributed by atoms with Gasteiger partial charge in [-0.15, -0.1) is 0 Å². The SMILES string of the molecule is Cc1ccc(S(=O)(=O)N(CCc2ccccc2)c2ccccc2)c([N+](=O)[O-])c1. The Hall–Kier alpha value is -3.19. The highest BCUT2D eigenvalue weighted by Gasteiger charge is 2.31. The van der Waals surface area contributed by atoms with Crippen molar-refractivity contribution in [2.75, 3.05) is 10.8 Å². The molecule has 0 unspecified atom stereocenters. The number of para-hydroxylation sites is 1. The molecule has 0 N–H and O–H groups in total. The molecule has 0 amide bonds. The predicted octanol–water partition coefficient (Wildman–Crippen LogP) is 4.34. The summed E-state index contributed by atoms with van der Waals surface area (Å²) in [7, 11) is -4.13. The van der Waals surface area contributed by atoms with Gasteiger partial charge in [-0.3, -0.25) is 14.4 Å². The van der Waals surface area contributed by atoms with Gasteiger partial charge in [-0.2, -0.15) is 0 Å². The summed E-state index contributed by atoms with van der Waals surface area (Å²) in [6.45, 7) is 1.86. The van der Waals surface area contributed by atoms with Gasteiger partial charge in [0.2, 0.25) is 0 Å². The van der Waals surface area contributed by atoms with Crippen LogP contribution in [0.3, 0.4) is 0 Å². The molecule has 0 aromatic heterocycles. The van der Waals surface area contributed by atoms with E-state index in [9.17, 15) is 18.5 Å². The van der Waals surface area contributed by atoms with Gasteiger partial charge in [0, 0.05) is 12.6 Å². The molecule has 28 heavy (non-hydrogen) atoms. The number of rotatable bonds is 7. The molecule has 0 spiro atoms. The van der Waals surface area contributed by atoms with Crippen molar-refractivity contribution in [2.24, 2.45) is 0 Å². The zero-order valence-electron chi connectivity index (χ0n) is 15.4. The van der Waals surface area contributed by atoms with Crippen LogP contribution in [0.4, 0.5) is 11.4 Å². The second kappa shape index (κ2) is 8.22. The zero-order chi connectivity index (χ0) is 20.1. The number of hydrogen-bond donors (Lipinski definition) is 0. The molecule has 3 aromatic carbocycles. The molecule has 6 nitrogen and oxygen atoms in total. The Morgan fingerprint density at radius 1 is 0.929 bits per heavy atom. The number of nitro benzene ring substituents is 1. The topological polar surface area (TPSA) is 80.5 Å². The molecule has 0 aliphatic heterocycles. The highest BCUT2D eigenvalue weighted by Crippen LogP contribution is 2.30. The highest BCUT2D eigenvalue weighted by atomic mass is 32.2. The quantitative estimate of drug-likeness (QED) is 0.439. The predicted molar refractivity (Wildman–Crippen MR) is 109 cm³/mol. The molecule has 3 aromatic rings. The summed E-state index contributed by atoms with van der Waals surface area (Å²) >= 11 is 0. The first kappa shape index (κ1) is 19.6. The lowest BCUT2D eigenvalue weighted by atomic mass is 10.1. The fraction of sp³-hybridized carbons (Fsp3) is 0.143. The van der Waals surface area contributed by atoms with Gasteiger partial charge in [0.1, 0.15) is 0 Å². The largest absolute Gasteiger partial charge is 0.290 e. The van der Waals surface area contributed by atoms with E-state index in [-0.39, 0.29) is 11.4 Å². The summed E-state index contributed by atoms with van der Waals surface area (Å²) in [5, 5.41) is 11.5. The van der Waals surface area contributed by atoms with Crippen molar-refractivity contribution in [3.63, 3.8) is 0 Å². The van der Waals surface area contributed by atoms with E-state index in [1.807, 2.05) is 30.3 Å². The number of sulfonamides is 1. The minimum Gasteiger partial charge on any atom is -0.266 e. The third kappa shape index (κ3) is 4.20. The van der Waals surface area contributed by atoms with E-state index in [2.05, 4.69) is 0 Å². The van der Waals surface area contributed by atoms with Gasteiger partial charge in [0.25, 0.3) is 15.7 Å². The summed E-state index contributed by atoms with van der Waals surface area (Å²) in [6.07, 6.45) is 0.481. The minimum atomic E-state index is -4.13. The molecule has 0 atom stereocenters. The van der Waals surface area contributed by atoms with Crippen molar-refractivity contribution in [3.8, 4) is 0 Å². The van der Waals surface area contributed by atoms with E-state index in [1.165, 1.54) is 16.4 Å². The van der Waals surface area contributed by atoms with Gasteiger partial charge >= 0.3 is 0 Å². The van der Waals surface area contributed by atoms with Crippen LogP contribution in [0.15, 0.2) is 83.8 Å². The summed E-state index contributed by atoms with van der Waals surface area (Å²) < 4.78 is 28.1. The van der Waals surface area contributed by atoms with Gasteiger partial charge in [-0.25, -0.2) is 8.42 Å². The summed E-state index contributed by atoms with van der Waals surface area (Å²) in [5.74, 6) is 0. The van der Waals surface area contributed by atoms with E-state index in [0.717, 1.165) is 5.56 Å². The first-order chi connectivity index (χ1) is 13.4. The van der Waals surface area contributed by atoms with Crippen molar-refractivity contribution in [1.82, 2.24) is 0 Å². The molecular formula is C21H20N2O4S. The molecule has 0 aliphatic carbocycles. The van der Waals surface area contributed by atoms with Gasteiger partial charge in [-0.05, 0) is 42.7 Å².